The molecule has 2 N–H and O–H groups in total. The highest BCUT2D eigenvalue weighted by Gasteiger charge is 2.21. The minimum Gasteiger partial charge on any atom is -0.344 e. The predicted octanol–water partition coefficient (Wildman–Crippen LogP) is 3.20. The molecule has 1 aromatic heterocycles. The highest BCUT2D eigenvalue weighted by Crippen LogP contribution is 2.15. The largest absolute Gasteiger partial charge is 0.344 e. The molecule has 2 rings (SSSR count). The van der Waals surface area contributed by atoms with Crippen LogP contribution in [-0.4, -0.2) is 22.8 Å². The summed E-state index contributed by atoms with van der Waals surface area (Å²) in [5, 5.41) is 7.55. The van der Waals surface area contributed by atoms with E-state index in [1.165, 1.54) is 11.3 Å². The first-order chi connectivity index (χ1) is 11.9. The van der Waals surface area contributed by atoms with Crippen LogP contribution in [-0.2, 0) is 16.0 Å². The summed E-state index contributed by atoms with van der Waals surface area (Å²) in [6.45, 7) is 3.71. The number of aromatic nitrogens is 1. The number of carbonyl (C=O) groups is 2. The van der Waals surface area contributed by atoms with E-state index in [4.69, 9.17) is 0 Å². The molecular weight excluding hydrogens is 348 g/mol. The average Bonchev–Trinajstić information content (AvgIpc) is 2.90. The van der Waals surface area contributed by atoms with Crippen LogP contribution in [0.3, 0.4) is 0 Å². The van der Waals surface area contributed by atoms with Crippen LogP contribution in [0.5, 0.6) is 0 Å². The lowest BCUT2D eigenvalue weighted by Crippen LogP contribution is -2.44. The highest BCUT2D eigenvalue weighted by atomic mass is 32.1. The minimum atomic E-state index is -0.746. The van der Waals surface area contributed by atoms with Gasteiger partial charge in [-0.1, -0.05) is 13.3 Å². The molecule has 134 valence electrons. The van der Waals surface area contributed by atoms with E-state index >= 15 is 0 Å². The van der Waals surface area contributed by atoms with Crippen molar-refractivity contribution >= 4 is 28.3 Å². The number of carbonyl (C=O) groups excluding carboxylic acids is 2. The normalized spacial score (nSPS) is 11.8. The van der Waals surface area contributed by atoms with Gasteiger partial charge in [-0.05, 0) is 31.0 Å². The van der Waals surface area contributed by atoms with Crippen LogP contribution in [0.25, 0.3) is 0 Å². The van der Waals surface area contributed by atoms with Crippen molar-refractivity contribution in [1.29, 1.82) is 0 Å². The number of nitrogens with zero attached hydrogens (tertiary/aromatic N) is 1. The van der Waals surface area contributed by atoms with Crippen molar-refractivity contribution < 1.29 is 18.4 Å². The number of rotatable bonds is 7. The Labute approximate surface area is 148 Å². The topological polar surface area (TPSA) is 71.1 Å². The quantitative estimate of drug-likeness (QED) is 0.789. The van der Waals surface area contributed by atoms with Crippen LogP contribution in [0.1, 0.15) is 31.0 Å². The average molecular weight is 367 g/mol. The van der Waals surface area contributed by atoms with Gasteiger partial charge in [0.05, 0.1) is 12.1 Å². The Kier molecular flexibility index (Phi) is 6.58. The van der Waals surface area contributed by atoms with Crippen LogP contribution in [0.15, 0.2) is 23.6 Å². The summed E-state index contributed by atoms with van der Waals surface area (Å²) < 4.78 is 26.4. The van der Waals surface area contributed by atoms with Gasteiger partial charge in [0.15, 0.2) is 5.13 Å². The van der Waals surface area contributed by atoms with E-state index in [0.29, 0.717) is 18.0 Å². The van der Waals surface area contributed by atoms with Crippen molar-refractivity contribution in [3.8, 4) is 0 Å². The SMILES string of the molecule is CCCC(NC(=O)Cc1cc(F)cc(F)c1)C(=O)Nc1nc(C)cs1. The molecule has 0 fully saturated rings. The Hall–Kier alpha value is -2.35. The molecule has 0 saturated heterocycles. The molecule has 5 nitrogen and oxygen atoms in total. The van der Waals surface area contributed by atoms with Crippen molar-refractivity contribution in [3.63, 3.8) is 0 Å². The molecule has 2 amide bonds. The summed E-state index contributed by atoms with van der Waals surface area (Å²) in [6.07, 6.45) is 0.918. The number of amides is 2. The lowest BCUT2D eigenvalue weighted by molar-refractivity contribution is -0.126. The number of nitrogens with one attached hydrogen (secondary N) is 2. The van der Waals surface area contributed by atoms with Gasteiger partial charge in [-0.2, -0.15) is 0 Å². The fourth-order valence-corrected chi connectivity index (χ4v) is 3.00. The summed E-state index contributed by atoms with van der Waals surface area (Å²) in [5.41, 5.74) is 1.01. The lowest BCUT2D eigenvalue weighted by Gasteiger charge is -2.17. The minimum absolute atomic E-state index is 0.209. The fourth-order valence-electron chi connectivity index (χ4n) is 2.31. The maximum Gasteiger partial charge on any atom is 0.248 e. The van der Waals surface area contributed by atoms with Gasteiger partial charge in [0.25, 0.3) is 0 Å². The number of aryl methyl sites for hydroxylation is 1. The zero-order valence-electron chi connectivity index (χ0n) is 13.9. The molecule has 0 aliphatic heterocycles. The zero-order chi connectivity index (χ0) is 18.4. The Bertz CT molecular complexity index is 744. The maximum atomic E-state index is 13.2. The van der Waals surface area contributed by atoms with E-state index in [0.717, 1.165) is 23.9 Å². The van der Waals surface area contributed by atoms with E-state index in [9.17, 15) is 18.4 Å². The molecule has 8 heteroatoms. The van der Waals surface area contributed by atoms with Crippen molar-refractivity contribution in [1.82, 2.24) is 10.3 Å². The van der Waals surface area contributed by atoms with Gasteiger partial charge in [-0.15, -0.1) is 11.3 Å². The molecule has 1 aromatic carbocycles. The van der Waals surface area contributed by atoms with E-state index < -0.39 is 23.6 Å². The van der Waals surface area contributed by atoms with Crippen LogP contribution in [0, 0.1) is 18.6 Å². The number of thiazole rings is 1. The number of anilines is 1. The van der Waals surface area contributed by atoms with Crippen molar-refractivity contribution in [2.24, 2.45) is 0 Å². The molecule has 0 saturated carbocycles. The van der Waals surface area contributed by atoms with E-state index in [1.807, 2.05) is 19.2 Å². The van der Waals surface area contributed by atoms with Gasteiger partial charge in [-0.25, -0.2) is 13.8 Å². The second-order valence-corrected chi connectivity index (χ2v) is 6.50. The Morgan fingerprint density at radius 3 is 2.48 bits per heavy atom. The van der Waals surface area contributed by atoms with Crippen molar-refractivity contribution in [2.45, 2.75) is 39.2 Å². The van der Waals surface area contributed by atoms with Gasteiger partial charge in [-0.3, -0.25) is 9.59 Å². The molecule has 1 heterocycles. The summed E-state index contributed by atoms with van der Waals surface area (Å²) >= 11 is 1.30. The molecule has 1 atom stereocenters. The van der Waals surface area contributed by atoms with E-state index in [1.54, 1.807) is 0 Å². The molecule has 0 radical (unpaired) electrons. The first-order valence-electron chi connectivity index (χ1n) is 7.84. The number of hydrogen-bond acceptors (Lipinski definition) is 4. The van der Waals surface area contributed by atoms with E-state index in [2.05, 4.69) is 15.6 Å². The Morgan fingerprint density at radius 1 is 1.24 bits per heavy atom. The van der Waals surface area contributed by atoms with Crippen molar-refractivity contribution in [3.05, 3.63) is 46.5 Å². The molecule has 25 heavy (non-hydrogen) atoms. The fraction of sp³-hybridized carbons (Fsp3) is 0.353. The van der Waals surface area contributed by atoms with Crippen LogP contribution in [0.2, 0.25) is 0 Å². The molecule has 0 aliphatic carbocycles. The second kappa shape index (κ2) is 8.66. The van der Waals surface area contributed by atoms with Gasteiger partial charge in [0.1, 0.15) is 17.7 Å². The van der Waals surface area contributed by atoms with Crippen LogP contribution < -0.4 is 10.6 Å². The summed E-state index contributed by atoms with van der Waals surface area (Å²) in [6, 6.07) is 2.19. The van der Waals surface area contributed by atoms with Gasteiger partial charge in [0.2, 0.25) is 11.8 Å². The summed E-state index contributed by atoms with van der Waals surface area (Å²) in [5.74, 6) is -2.33. The number of halogens is 2. The molecular formula is C17H19F2N3O2S. The zero-order valence-corrected chi connectivity index (χ0v) is 14.8. The lowest BCUT2D eigenvalue weighted by atomic mass is 10.1. The Balaban J connectivity index is 1.99. The van der Waals surface area contributed by atoms with Crippen LogP contribution >= 0.6 is 11.3 Å². The third kappa shape index (κ3) is 5.90. The predicted molar refractivity (Wildman–Crippen MR) is 92.4 cm³/mol. The Morgan fingerprint density at radius 2 is 1.92 bits per heavy atom. The van der Waals surface area contributed by atoms with Gasteiger partial charge in [0, 0.05) is 11.4 Å². The molecule has 0 aliphatic rings. The number of hydrogen-bond donors (Lipinski definition) is 2. The second-order valence-electron chi connectivity index (χ2n) is 5.65. The van der Waals surface area contributed by atoms with E-state index in [-0.39, 0.29) is 17.9 Å². The molecule has 0 bridgehead atoms. The molecule has 1 unspecified atom stereocenters. The molecule has 0 spiro atoms. The molecule has 2 aromatic rings. The first kappa shape index (κ1) is 19.0. The maximum absolute atomic E-state index is 13.2. The first-order valence-corrected chi connectivity index (χ1v) is 8.72. The standard InChI is InChI=1S/C17H19F2N3O2S/c1-3-4-14(16(24)22-17-20-10(2)9-25-17)21-15(23)7-11-5-12(18)8-13(19)6-11/h5-6,8-9,14H,3-4,7H2,1-2H3,(H,21,23)(H,20,22,24). The highest BCUT2D eigenvalue weighted by molar-refractivity contribution is 7.13. The summed E-state index contributed by atoms with van der Waals surface area (Å²) in [7, 11) is 0. The third-order valence-electron chi connectivity index (χ3n) is 3.37. The van der Waals surface area contributed by atoms with Crippen molar-refractivity contribution in [2.75, 3.05) is 5.32 Å². The third-order valence-corrected chi connectivity index (χ3v) is 4.24. The smallest absolute Gasteiger partial charge is 0.248 e. The van der Waals surface area contributed by atoms with Gasteiger partial charge >= 0.3 is 0 Å². The monoisotopic (exact) mass is 367 g/mol. The number of benzene rings is 1. The van der Waals surface area contributed by atoms with Gasteiger partial charge < -0.3 is 10.6 Å². The summed E-state index contributed by atoms with van der Waals surface area (Å²) in [4.78, 5) is 28.6. The van der Waals surface area contributed by atoms with Crippen LogP contribution in [0.4, 0.5) is 13.9 Å².